The van der Waals surface area contributed by atoms with E-state index in [9.17, 15) is 4.79 Å². The zero-order valence-electron chi connectivity index (χ0n) is 9.04. The number of aromatic amines is 1. The van der Waals surface area contributed by atoms with E-state index in [4.69, 9.17) is 5.73 Å². The number of nitrogens with one attached hydrogen (secondary N) is 1. The molecule has 0 amide bonds. The summed E-state index contributed by atoms with van der Waals surface area (Å²) < 4.78 is 0. The average molecular weight is 235 g/mol. The molecule has 3 N–H and O–H groups in total. The molecule has 16 heavy (non-hydrogen) atoms. The maximum absolute atomic E-state index is 12.0. The number of aromatic nitrogens is 2. The summed E-state index contributed by atoms with van der Waals surface area (Å²) in [5, 5.41) is 0.717. The van der Waals surface area contributed by atoms with Crippen molar-refractivity contribution in [2.45, 2.75) is 32.2 Å². The van der Waals surface area contributed by atoms with Gasteiger partial charge in [0.2, 0.25) is 0 Å². The van der Waals surface area contributed by atoms with Gasteiger partial charge in [-0.1, -0.05) is 0 Å². The molecule has 2 aromatic rings. The van der Waals surface area contributed by atoms with Gasteiger partial charge in [-0.2, -0.15) is 0 Å². The van der Waals surface area contributed by atoms with Crippen molar-refractivity contribution in [3.8, 4) is 0 Å². The lowest BCUT2D eigenvalue weighted by molar-refractivity contribution is 0.934. The normalized spacial score (nSPS) is 15.9. The van der Waals surface area contributed by atoms with Crippen LogP contribution in [0, 0.1) is 6.92 Å². The smallest absolute Gasteiger partial charge is 0.259 e. The van der Waals surface area contributed by atoms with Crippen molar-refractivity contribution in [3.05, 3.63) is 26.6 Å². The van der Waals surface area contributed by atoms with Gasteiger partial charge in [-0.25, -0.2) is 4.98 Å². The second kappa shape index (κ2) is 3.40. The molecule has 0 aromatic carbocycles. The molecule has 0 spiro atoms. The van der Waals surface area contributed by atoms with Gasteiger partial charge in [0.25, 0.3) is 5.56 Å². The van der Waals surface area contributed by atoms with Gasteiger partial charge < -0.3 is 10.7 Å². The van der Waals surface area contributed by atoms with Crippen LogP contribution in [0.3, 0.4) is 0 Å². The molecule has 1 aliphatic carbocycles. The number of fused-ring (bicyclic) bond motifs is 1. The Labute approximate surface area is 96.5 Å². The van der Waals surface area contributed by atoms with Crippen LogP contribution >= 0.6 is 11.3 Å². The van der Waals surface area contributed by atoms with Crippen molar-refractivity contribution < 1.29 is 0 Å². The zero-order chi connectivity index (χ0) is 11.3. The van der Waals surface area contributed by atoms with Crippen molar-refractivity contribution >= 4 is 21.6 Å². The molecule has 0 saturated heterocycles. The van der Waals surface area contributed by atoms with Crippen molar-refractivity contribution in [1.82, 2.24) is 9.97 Å². The maximum Gasteiger partial charge on any atom is 0.259 e. The summed E-state index contributed by atoms with van der Waals surface area (Å²) in [5.41, 5.74) is 6.62. The molecule has 5 heteroatoms. The third-order valence-corrected chi connectivity index (χ3v) is 4.28. The van der Waals surface area contributed by atoms with Gasteiger partial charge in [-0.15, -0.1) is 11.3 Å². The SMILES string of the molecule is Cc1c(CN)sc2nc(C3CC3)[nH]c(=O)c12. The van der Waals surface area contributed by atoms with Crippen LogP contribution in [0.25, 0.3) is 10.2 Å². The molecule has 0 atom stereocenters. The van der Waals surface area contributed by atoms with Crippen LogP contribution in [0.4, 0.5) is 0 Å². The third kappa shape index (κ3) is 1.39. The van der Waals surface area contributed by atoms with Crippen LogP contribution in [-0.2, 0) is 6.54 Å². The Bertz CT molecular complexity index is 609. The Kier molecular flexibility index (Phi) is 2.12. The predicted octanol–water partition coefficient (Wildman–Crippen LogP) is 1.63. The summed E-state index contributed by atoms with van der Waals surface area (Å²) in [7, 11) is 0. The first-order chi connectivity index (χ1) is 7.70. The number of nitrogens with zero attached hydrogens (tertiary/aromatic N) is 1. The highest BCUT2D eigenvalue weighted by Gasteiger charge is 2.27. The Hall–Kier alpha value is -1.20. The lowest BCUT2D eigenvalue weighted by Crippen LogP contribution is -2.10. The molecule has 1 saturated carbocycles. The minimum Gasteiger partial charge on any atom is -0.326 e. The number of rotatable bonds is 2. The van der Waals surface area contributed by atoms with Gasteiger partial charge in [0.15, 0.2) is 0 Å². The second-order valence-corrected chi connectivity index (χ2v) is 5.34. The summed E-state index contributed by atoms with van der Waals surface area (Å²) in [6.45, 7) is 2.42. The molecular formula is C11H13N3OS. The predicted molar refractivity (Wildman–Crippen MR) is 64.8 cm³/mol. The zero-order valence-corrected chi connectivity index (χ0v) is 9.86. The molecule has 0 radical (unpaired) electrons. The van der Waals surface area contributed by atoms with Crippen LogP contribution in [0.1, 0.15) is 35.0 Å². The molecule has 2 aromatic heterocycles. The van der Waals surface area contributed by atoms with E-state index < -0.39 is 0 Å². The summed E-state index contributed by atoms with van der Waals surface area (Å²) in [5.74, 6) is 1.32. The van der Waals surface area contributed by atoms with E-state index in [1.54, 1.807) is 11.3 Å². The topological polar surface area (TPSA) is 71.8 Å². The lowest BCUT2D eigenvalue weighted by atomic mass is 10.2. The van der Waals surface area contributed by atoms with E-state index in [0.717, 1.165) is 39.3 Å². The van der Waals surface area contributed by atoms with Crippen LogP contribution in [0.2, 0.25) is 0 Å². The quantitative estimate of drug-likeness (QED) is 0.831. The first-order valence-corrected chi connectivity index (χ1v) is 6.24. The summed E-state index contributed by atoms with van der Waals surface area (Å²) >= 11 is 1.54. The maximum atomic E-state index is 12.0. The van der Waals surface area contributed by atoms with Crippen molar-refractivity contribution in [1.29, 1.82) is 0 Å². The molecule has 84 valence electrons. The fourth-order valence-corrected chi connectivity index (χ4v) is 3.02. The third-order valence-electron chi connectivity index (χ3n) is 3.07. The van der Waals surface area contributed by atoms with Crippen LogP contribution in [-0.4, -0.2) is 9.97 Å². The minimum absolute atomic E-state index is 0.0136. The fourth-order valence-electron chi connectivity index (χ4n) is 1.95. The minimum atomic E-state index is -0.0136. The van der Waals surface area contributed by atoms with Crippen molar-refractivity contribution in [3.63, 3.8) is 0 Å². The van der Waals surface area contributed by atoms with Crippen LogP contribution in [0.15, 0.2) is 4.79 Å². The standard InChI is InChI=1S/C11H13N3OS/c1-5-7(4-12)16-11-8(5)10(15)13-9(14-11)6-2-3-6/h6H,2-4,12H2,1H3,(H,13,14,15). The molecule has 4 nitrogen and oxygen atoms in total. The molecule has 3 rings (SSSR count). The van der Waals surface area contributed by atoms with E-state index in [1.165, 1.54) is 0 Å². The molecule has 1 fully saturated rings. The molecule has 2 heterocycles. The van der Waals surface area contributed by atoms with Crippen molar-refractivity contribution in [2.75, 3.05) is 0 Å². The van der Waals surface area contributed by atoms with Crippen molar-refractivity contribution in [2.24, 2.45) is 5.73 Å². The Morgan fingerprint density at radius 2 is 2.31 bits per heavy atom. The van der Waals surface area contributed by atoms with E-state index in [2.05, 4.69) is 9.97 Å². The highest BCUT2D eigenvalue weighted by atomic mass is 32.1. The van der Waals surface area contributed by atoms with Gasteiger partial charge in [0.1, 0.15) is 10.7 Å². The molecule has 1 aliphatic rings. The Balaban J connectivity index is 2.30. The van der Waals surface area contributed by atoms with Gasteiger partial charge in [0, 0.05) is 17.3 Å². The second-order valence-electron chi connectivity index (χ2n) is 4.26. The summed E-state index contributed by atoms with van der Waals surface area (Å²) in [6, 6.07) is 0. The number of aryl methyl sites for hydroxylation is 1. The van der Waals surface area contributed by atoms with E-state index in [-0.39, 0.29) is 5.56 Å². The summed E-state index contributed by atoms with van der Waals surface area (Å²) in [6.07, 6.45) is 2.28. The van der Waals surface area contributed by atoms with Gasteiger partial charge in [-0.05, 0) is 25.3 Å². The molecular weight excluding hydrogens is 222 g/mol. The first-order valence-electron chi connectivity index (χ1n) is 5.43. The van der Waals surface area contributed by atoms with Gasteiger partial charge >= 0.3 is 0 Å². The van der Waals surface area contributed by atoms with E-state index in [0.29, 0.717) is 12.5 Å². The average Bonchev–Trinajstić information content (AvgIpc) is 3.04. The fraction of sp³-hybridized carbons (Fsp3) is 0.455. The lowest BCUT2D eigenvalue weighted by Gasteiger charge is -1.97. The molecule has 0 aliphatic heterocycles. The molecule has 0 unspecified atom stereocenters. The van der Waals surface area contributed by atoms with E-state index >= 15 is 0 Å². The van der Waals surface area contributed by atoms with Crippen LogP contribution in [0.5, 0.6) is 0 Å². The van der Waals surface area contributed by atoms with Gasteiger partial charge in [0.05, 0.1) is 5.39 Å². The Morgan fingerprint density at radius 3 is 2.94 bits per heavy atom. The number of hydrogen-bond donors (Lipinski definition) is 2. The largest absolute Gasteiger partial charge is 0.326 e. The Morgan fingerprint density at radius 1 is 1.56 bits per heavy atom. The number of H-pyrrole nitrogens is 1. The number of nitrogens with two attached hydrogens (primary N) is 1. The number of hydrogen-bond acceptors (Lipinski definition) is 4. The summed E-state index contributed by atoms with van der Waals surface area (Å²) in [4.78, 5) is 21.3. The highest BCUT2D eigenvalue weighted by molar-refractivity contribution is 7.18. The van der Waals surface area contributed by atoms with E-state index in [1.807, 2.05) is 6.92 Å². The monoisotopic (exact) mass is 235 g/mol. The molecule has 0 bridgehead atoms. The first kappa shape index (κ1) is 9.99. The van der Waals surface area contributed by atoms with Gasteiger partial charge in [-0.3, -0.25) is 4.79 Å². The number of thiophene rings is 1. The highest BCUT2D eigenvalue weighted by Crippen LogP contribution is 2.38. The van der Waals surface area contributed by atoms with Crippen LogP contribution < -0.4 is 11.3 Å².